The van der Waals surface area contributed by atoms with E-state index in [0.29, 0.717) is 29.0 Å². The van der Waals surface area contributed by atoms with E-state index >= 15 is 0 Å². The SMILES string of the molecule is CC(C)c1ccc(-n2nnnc2SC[C@H](O)COc2ccc(CC#N)cc2)cc1. The van der Waals surface area contributed by atoms with Gasteiger partial charge in [0.2, 0.25) is 5.16 Å². The first-order chi connectivity index (χ1) is 14.1. The molecule has 0 bridgehead atoms. The highest BCUT2D eigenvalue weighted by atomic mass is 32.2. The van der Waals surface area contributed by atoms with Crippen molar-refractivity contribution in [2.24, 2.45) is 0 Å². The molecule has 3 rings (SSSR count). The molecule has 0 aliphatic heterocycles. The van der Waals surface area contributed by atoms with Gasteiger partial charge in [-0.25, -0.2) is 0 Å². The Kier molecular flexibility index (Phi) is 7.22. The molecule has 0 unspecified atom stereocenters. The fourth-order valence-corrected chi connectivity index (χ4v) is 3.43. The number of ether oxygens (including phenoxy) is 1. The van der Waals surface area contributed by atoms with Crippen LogP contribution in [-0.2, 0) is 6.42 Å². The van der Waals surface area contributed by atoms with E-state index in [2.05, 4.69) is 47.6 Å². The van der Waals surface area contributed by atoms with E-state index in [0.717, 1.165) is 11.3 Å². The number of aliphatic hydroxyl groups is 1. The van der Waals surface area contributed by atoms with Gasteiger partial charge in [-0.1, -0.05) is 49.9 Å². The summed E-state index contributed by atoms with van der Waals surface area (Å²) in [6, 6.07) is 17.5. The van der Waals surface area contributed by atoms with Gasteiger partial charge in [0.15, 0.2) is 0 Å². The lowest BCUT2D eigenvalue weighted by atomic mass is 10.0. The number of hydrogen-bond acceptors (Lipinski definition) is 7. The molecule has 8 heteroatoms. The van der Waals surface area contributed by atoms with Gasteiger partial charge in [0.25, 0.3) is 0 Å². The minimum Gasteiger partial charge on any atom is -0.491 e. The standard InChI is InChI=1S/C21H23N5O2S/c1-15(2)17-5-7-18(8-6-17)26-21(23-24-25-26)29-14-19(27)13-28-20-9-3-16(4-10-20)11-12-22/h3-10,15,19,27H,11,13-14H2,1-2H3/t19-/m1/s1. The quantitative estimate of drug-likeness (QED) is 0.541. The van der Waals surface area contributed by atoms with Crippen LogP contribution in [0.4, 0.5) is 0 Å². The molecule has 1 atom stereocenters. The lowest BCUT2D eigenvalue weighted by molar-refractivity contribution is 0.126. The number of aliphatic hydroxyl groups excluding tert-OH is 1. The van der Waals surface area contributed by atoms with E-state index in [1.807, 2.05) is 24.3 Å². The van der Waals surface area contributed by atoms with Crippen molar-refractivity contribution in [3.05, 3.63) is 59.7 Å². The first-order valence-electron chi connectivity index (χ1n) is 9.35. The second-order valence-electron chi connectivity index (χ2n) is 6.87. The monoisotopic (exact) mass is 409 g/mol. The van der Waals surface area contributed by atoms with E-state index in [9.17, 15) is 5.11 Å². The van der Waals surface area contributed by atoms with E-state index in [-0.39, 0.29) is 6.61 Å². The van der Waals surface area contributed by atoms with Crippen LogP contribution < -0.4 is 4.74 Å². The second-order valence-corrected chi connectivity index (χ2v) is 7.86. The highest BCUT2D eigenvalue weighted by Crippen LogP contribution is 2.21. The number of nitriles is 1. The molecule has 0 saturated carbocycles. The summed E-state index contributed by atoms with van der Waals surface area (Å²) in [5.74, 6) is 1.52. The molecule has 0 amide bonds. The van der Waals surface area contributed by atoms with E-state index in [1.165, 1.54) is 17.3 Å². The van der Waals surface area contributed by atoms with Crippen molar-refractivity contribution in [1.82, 2.24) is 20.2 Å². The molecule has 0 fully saturated rings. The van der Waals surface area contributed by atoms with Gasteiger partial charge in [-0.2, -0.15) is 9.94 Å². The lowest BCUT2D eigenvalue weighted by Gasteiger charge is -2.12. The Bertz CT molecular complexity index is 948. The number of tetrazole rings is 1. The van der Waals surface area contributed by atoms with Gasteiger partial charge in [-0.15, -0.1) is 5.10 Å². The maximum absolute atomic E-state index is 10.2. The third-order valence-electron chi connectivity index (χ3n) is 4.30. The summed E-state index contributed by atoms with van der Waals surface area (Å²) in [4.78, 5) is 0. The number of hydrogen-bond donors (Lipinski definition) is 1. The van der Waals surface area contributed by atoms with Crippen molar-refractivity contribution in [3.8, 4) is 17.5 Å². The molecule has 0 saturated heterocycles. The molecule has 0 aliphatic rings. The van der Waals surface area contributed by atoms with Crippen LogP contribution in [0.2, 0.25) is 0 Å². The molecule has 3 aromatic rings. The Labute approximate surface area is 174 Å². The molecule has 1 N–H and O–H groups in total. The van der Waals surface area contributed by atoms with Crippen molar-refractivity contribution in [2.75, 3.05) is 12.4 Å². The highest BCUT2D eigenvalue weighted by Gasteiger charge is 2.13. The Morgan fingerprint density at radius 1 is 1.14 bits per heavy atom. The van der Waals surface area contributed by atoms with Gasteiger partial charge in [0.1, 0.15) is 12.4 Å². The van der Waals surface area contributed by atoms with Crippen LogP contribution in [0.5, 0.6) is 5.75 Å². The molecule has 7 nitrogen and oxygen atoms in total. The molecular weight excluding hydrogens is 386 g/mol. The summed E-state index contributed by atoms with van der Waals surface area (Å²) in [5.41, 5.74) is 3.07. The Morgan fingerprint density at radius 2 is 1.86 bits per heavy atom. The van der Waals surface area contributed by atoms with Crippen LogP contribution in [0.25, 0.3) is 5.69 Å². The molecule has 0 radical (unpaired) electrons. The minimum absolute atomic E-state index is 0.162. The first kappa shape index (κ1) is 20.8. The average Bonchev–Trinajstić information content (AvgIpc) is 3.20. The van der Waals surface area contributed by atoms with Crippen molar-refractivity contribution >= 4 is 11.8 Å². The number of benzene rings is 2. The molecule has 1 aromatic heterocycles. The normalized spacial score (nSPS) is 12.0. The van der Waals surface area contributed by atoms with Gasteiger partial charge in [-0.3, -0.25) is 0 Å². The summed E-state index contributed by atoms with van der Waals surface area (Å²) in [5, 5.41) is 31.4. The van der Waals surface area contributed by atoms with Crippen molar-refractivity contribution in [2.45, 2.75) is 37.4 Å². The van der Waals surface area contributed by atoms with E-state index in [1.54, 1.807) is 16.8 Å². The molecule has 150 valence electrons. The smallest absolute Gasteiger partial charge is 0.214 e. The molecule has 29 heavy (non-hydrogen) atoms. The number of thioether (sulfide) groups is 1. The van der Waals surface area contributed by atoms with Crippen molar-refractivity contribution in [3.63, 3.8) is 0 Å². The fraction of sp³-hybridized carbons (Fsp3) is 0.333. The van der Waals surface area contributed by atoms with Crippen LogP contribution in [0.3, 0.4) is 0 Å². The van der Waals surface area contributed by atoms with E-state index < -0.39 is 6.10 Å². The van der Waals surface area contributed by atoms with Gasteiger partial charge in [-0.05, 0) is 51.7 Å². The molecular formula is C21H23N5O2S. The Hall–Kier alpha value is -2.89. The fourth-order valence-electron chi connectivity index (χ4n) is 2.64. The topological polar surface area (TPSA) is 96.8 Å². The predicted octanol–water partition coefficient (Wildman–Crippen LogP) is 3.38. The lowest BCUT2D eigenvalue weighted by Crippen LogP contribution is -2.20. The third kappa shape index (κ3) is 5.79. The summed E-state index contributed by atoms with van der Waals surface area (Å²) in [7, 11) is 0. The zero-order valence-corrected chi connectivity index (χ0v) is 17.2. The Balaban J connectivity index is 1.52. The molecule has 1 heterocycles. The van der Waals surface area contributed by atoms with E-state index in [4.69, 9.17) is 10.00 Å². The number of nitrogens with zero attached hydrogens (tertiary/aromatic N) is 5. The van der Waals surface area contributed by atoms with Crippen LogP contribution >= 0.6 is 11.8 Å². The van der Waals surface area contributed by atoms with Crippen LogP contribution in [0.15, 0.2) is 53.7 Å². The van der Waals surface area contributed by atoms with Crippen molar-refractivity contribution < 1.29 is 9.84 Å². The molecule has 0 aliphatic carbocycles. The van der Waals surface area contributed by atoms with Gasteiger partial charge >= 0.3 is 0 Å². The van der Waals surface area contributed by atoms with Gasteiger partial charge < -0.3 is 9.84 Å². The number of aromatic nitrogens is 4. The van der Waals surface area contributed by atoms with Crippen molar-refractivity contribution in [1.29, 1.82) is 5.26 Å². The largest absolute Gasteiger partial charge is 0.491 e. The van der Waals surface area contributed by atoms with Crippen LogP contribution in [0, 0.1) is 11.3 Å². The average molecular weight is 410 g/mol. The van der Waals surface area contributed by atoms with Gasteiger partial charge in [0, 0.05) is 5.75 Å². The van der Waals surface area contributed by atoms with Crippen LogP contribution in [-0.4, -0.2) is 43.8 Å². The molecule has 2 aromatic carbocycles. The maximum atomic E-state index is 10.2. The second kappa shape index (κ2) is 10.0. The van der Waals surface area contributed by atoms with Crippen LogP contribution in [0.1, 0.15) is 30.9 Å². The summed E-state index contributed by atoms with van der Waals surface area (Å²) >= 11 is 1.37. The third-order valence-corrected chi connectivity index (χ3v) is 5.36. The first-order valence-corrected chi connectivity index (χ1v) is 10.3. The van der Waals surface area contributed by atoms with Gasteiger partial charge in [0.05, 0.1) is 24.3 Å². The summed E-state index contributed by atoms with van der Waals surface area (Å²) < 4.78 is 7.28. The zero-order chi connectivity index (χ0) is 20.6. The Morgan fingerprint density at radius 3 is 2.52 bits per heavy atom. The summed E-state index contributed by atoms with van der Waals surface area (Å²) in [6.07, 6.45) is -0.304. The maximum Gasteiger partial charge on any atom is 0.214 e. The molecule has 0 spiro atoms. The summed E-state index contributed by atoms with van der Waals surface area (Å²) in [6.45, 7) is 4.46. The minimum atomic E-state index is -0.674. The predicted molar refractivity (Wildman–Crippen MR) is 111 cm³/mol. The zero-order valence-electron chi connectivity index (χ0n) is 16.4. The number of rotatable bonds is 9. The highest BCUT2D eigenvalue weighted by molar-refractivity contribution is 7.99.